The molecule has 92 valence electrons. The van der Waals surface area contributed by atoms with E-state index in [4.69, 9.17) is 23.2 Å². The Bertz CT molecular complexity index is 476. The predicted octanol–water partition coefficient (Wildman–Crippen LogP) is 2.43. The van der Waals surface area contributed by atoms with Gasteiger partial charge in [-0.25, -0.2) is 4.79 Å². The Labute approximate surface area is 109 Å². The molecule has 1 amide bonds. The van der Waals surface area contributed by atoms with Gasteiger partial charge in [-0.3, -0.25) is 4.79 Å². The van der Waals surface area contributed by atoms with Crippen molar-refractivity contribution in [3.8, 4) is 0 Å². The number of carboxylic acids is 1. The van der Waals surface area contributed by atoms with Crippen molar-refractivity contribution in [1.82, 2.24) is 5.32 Å². The zero-order valence-corrected chi connectivity index (χ0v) is 10.8. The van der Waals surface area contributed by atoms with Crippen molar-refractivity contribution in [3.05, 3.63) is 33.8 Å². The summed E-state index contributed by atoms with van der Waals surface area (Å²) >= 11 is 11.7. The average Bonchev–Trinajstić information content (AvgIpc) is 2.15. The quantitative estimate of drug-likeness (QED) is 0.891. The topological polar surface area (TPSA) is 66.4 Å². The molecule has 0 saturated heterocycles. The molecule has 0 saturated carbocycles. The molecule has 0 heterocycles. The molecule has 0 aliphatic carbocycles. The van der Waals surface area contributed by atoms with E-state index in [1.807, 2.05) is 0 Å². The maximum Gasteiger partial charge on any atom is 0.333 e. The highest BCUT2D eigenvalue weighted by Gasteiger charge is 2.37. The second-order valence-electron chi connectivity index (χ2n) is 3.74. The van der Waals surface area contributed by atoms with Crippen LogP contribution < -0.4 is 5.32 Å². The van der Waals surface area contributed by atoms with E-state index in [2.05, 4.69) is 5.32 Å². The van der Waals surface area contributed by atoms with E-state index in [1.165, 1.54) is 32.0 Å². The number of carbonyl (C=O) groups is 2. The Balaban J connectivity index is 3.32. The van der Waals surface area contributed by atoms with E-state index in [9.17, 15) is 14.7 Å². The monoisotopic (exact) mass is 275 g/mol. The van der Waals surface area contributed by atoms with E-state index in [0.717, 1.165) is 0 Å². The summed E-state index contributed by atoms with van der Waals surface area (Å²) in [4.78, 5) is 22.4. The summed E-state index contributed by atoms with van der Waals surface area (Å²) in [6.45, 7) is 2.61. The van der Waals surface area contributed by atoms with E-state index < -0.39 is 17.4 Å². The van der Waals surface area contributed by atoms with Crippen LogP contribution in [0.15, 0.2) is 18.2 Å². The van der Waals surface area contributed by atoms with Gasteiger partial charge in [-0.15, -0.1) is 0 Å². The normalized spacial score (nSPS) is 13.9. The van der Waals surface area contributed by atoms with Gasteiger partial charge >= 0.3 is 5.97 Å². The number of nitrogens with one attached hydrogen (secondary N) is 1. The molecule has 1 atom stereocenters. The first-order chi connectivity index (χ1) is 7.77. The Morgan fingerprint density at radius 3 is 2.35 bits per heavy atom. The summed E-state index contributed by atoms with van der Waals surface area (Å²) < 4.78 is 0. The summed E-state index contributed by atoms with van der Waals surface area (Å²) in [6.07, 6.45) is 0. The summed E-state index contributed by atoms with van der Waals surface area (Å²) in [5.74, 6) is -1.65. The van der Waals surface area contributed by atoms with Crippen LogP contribution in [-0.2, 0) is 15.1 Å². The molecule has 1 rings (SSSR count). The molecule has 1 aromatic carbocycles. The summed E-state index contributed by atoms with van der Waals surface area (Å²) in [7, 11) is 0. The van der Waals surface area contributed by atoms with Gasteiger partial charge in [0.05, 0.1) is 0 Å². The van der Waals surface area contributed by atoms with Crippen molar-refractivity contribution >= 4 is 35.1 Å². The lowest BCUT2D eigenvalue weighted by Crippen LogP contribution is -2.49. The number of hydrogen-bond acceptors (Lipinski definition) is 2. The molecule has 0 aliphatic heterocycles. The molecule has 2 N–H and O–H groups in total. The number of amides is 1. The number of carboxylic acid groups (broad SMARTS) is 1. The minimum Gasteiger partial charge on any atom is -0.479 e. The van der Waals surface area contributed by atoms with Crippen molar-refractivity contribution in [3.63, 3.8) is 0 Å². The molecule has 0 radical (unpaired) electrons. The van der Waals surface area contributed by atoms with E-state index in [1.54, 1.807) is 0 Å². The van der Waals surface area contributed by atoms with Crippen LogP contribution in [0.25, 0.3) is 0 Å². The standard InChI is InChI=1S/C11H11Cl2NO3/c1-6(15)14-11(2,10(16)17)8-4-3-7(12)5-9(8)13/h3-5H,1-2H3,(H,14,15)(H,16,17). The molecule has 6 heteroatoms. The molecule has 0 bridgehead atoms. The Morgan fingerprint density at radius 1 is 1.35 bits per heavy atom. The SMILES string of the molecule is CC(=O)NC(C)(C(=O)O)c1ccc(Cl)cc1Cl. The van der Waals surface area contributed by atoms with E-state index in [-0.39, 0.29) is 10.6 Å². The van der Waals surface area contributed by atoms with E-state index in [0.29, 0.717) is 5.02 Å². The lowest BCUT2D eigenvalue weighted by Gasteiger charge is -2.27. The van der Waals surface area contributed by atoms with Crippen LogP contribution in [0.2, 0.25) is 10.0 Å². The minimum absolute atomic E-state index is 0.191. The smallest absolute Gasteiger partial charge is 0.333 e. The molecule has 0 aliphatic rings. The van der Waals surface area contributed by atoms with Crippen molar-refractivity contribution in [1.29, 1.82) is 0 Å². The fourth-order valence-electron chi connectivity index (χ4n) is 1.48. The van der Waals surface area contributed by atoms with Crippen LogP contribution >= 0.6 is 23.2 Å². The van der Waals surface area contributed by atoms with Crippen LogP contribution in [0.4, 0.5) is 0 Å². The summed E-state index contributed by atoms with van der Waals surface area (Å²) in [5.41, 5.74) is -1.29. The molecule has 0 aromatic heterocycles. The Hall–Kier alpha value is -1.26. The zero-order valence-electron chi connectivity index (χ0n) is 9.25. The van der Waals surface area contributed by atoms with Crippen LogP contribution in [0.3, 0.4) is 0 Å². The largest absolute Gasteiger partial charge is 0.479 e. The highest BCUT2D eigenvalue weighted by Crippen LogP contribution is 2.30. The highest BCUT2D eigenvalue weighted by atomic mass is 35.5. The molecular formula is C11H11Cl2NO3. The third kappa shape index (κ3) is 2.90. The number of carbonyl (C=O) groups excluding carboxylic acids is 1. The fourth-order valence-corrected chi connectivity index (χ4v) is 2.08. The van der Waals surface area contributed by atoms with Crippen LogP contribution in [-0.4, -0.2) is 17.0 Å². The molecule has 4 nitrogen and oxygen atoms in total. The number of halogens is 2. The maximum absolute atomic E-state index is 11.3. The first-order valence-electron chi connectivity index (χ1n) is 4.75. The Kier molecular flexibility index (Phi) is 4.01. The lowest BCUT2D eigenvalue weighted by atomic mass is 9.92. The van der Waals surface area contributed by atoms with Gasteiger partial charge in [0, 0.05) is 22.5 Å². The molecular weight excluding hydrogens is 265 g/mol. The van der Waals surface area contributed by atoms with Gasteiger partial charge in [0.1, 0.15) is 0 Å². The average molecular weight is 276 g/mol. The van der Waals surface area contributed by atoms with E-state index >= 15 is 0 Å². The number of benzene rings is 1. The number of rotatable bonds is 3. The van der Waals surface area contributed by atoms with Crippen molar-refractivity contribution in [2.24, 2.45) is 0 Å². The summed E-state index contributed by atoms with van der Waals surface area (Å²) in [6, 6.07) is 4.43. The lowest BCUT2D eigenvalue weighted by molar-refractivity contribution is -0.147. The van der Waals surface area contributed by atoms with Gasteiger partial charge in [0.25, 0.3) is 0 Å². The van der Waals surface area contributed by atoms with Crippen LogP contribution in [0.5, 0.6) is 0 Å². The van der Waals surface area contributed by atoms with Gasteiger partial charge < -0.3 is 10.4 Å². The molecule has 0 spiro atoms. The van der Waals surface area contributed by atoms with Crippen LogP contribution in [0, 0.1) is 0 Å². The van der Waals surface area contributed by atoms with Gasteiger partial charge in [0.15, 0.2) is 5.54 Å². The maximum atomic E-state index is 11.3. The minimum atomic E-state index is -1.58. The second kappa shape index (κ2) is 4.94. The highest BCUT2D eigenvalue weighted by molar-refractivity contribution is 6.35. The fraction of sp³-hybridized carbons (Fsp3) is 0.273. The predicted molar refractivity (Wildman–Crippen MR) is 65.3 cm³/mol. The van der Waals surface area contributed by atoms with Gasteiger partial charge in [-0.2, -0.15) is 0 Å². The molecule has 1 unspecified atom stereocenters. The van der Waals surface area contributed by atoms with Crippen molar-refractivity contribution in [2.45, 2.75) is 19.4 Å². The Morgan fingerprint density at radius 2 is 1.94 bits per heavy atom. The molecule has 17 heavy (non-hydrogen) atoms. The van der Waals surface area contributed by atoms with Crippen LogP contribution in [0.1, 0.15) is 19.4 Å². The van der Waals surface area contributed by atoms with Gasteiger partial charge in [0.2, 0.25) is 5.91 Å². The second-order valence-corrected chi connectivity index (χ2v) is 4.58. The molecule has 1 aromatic rings. The third-order valence-electron chi connectivity index (χ3n) is 2.32. The van der Waals surface area contributed by atoms with Crippen molar-refractivity contribution in [2.75, 3.05) is 0 Å². The first-order valence-corrected chi connectivity index (χ1v) is 5.50. The van der Waals surface area contributed by atoms with Gasteiger partial charge in [-0.1, -0.05) is 29.3 Å². The van der Waals surface area contributed by atoms with Gasteiger partial charge in [-0.05, 0) is 19.1 Å². The summed E-state index contributed by atoms with van der Waals surface area (Å²) in [5, 5.41) is 12.2. The third-order valence-corrected chi connectivity index (χ3v) is 2.87. The van der Waals surface area contributed by atoms with Crippen molar-refractivity contribution < 1.29 is 14.7 Å². The zero-order chi connectivity index (χ0) is 13.2. The first kappa shape index (κ1) is 13.8. The number of hydrogen-bond donors (Lipinski definition) is 2. The number of aliphatic carboxylic acids is 1. The molecule has 0 fully saturated rings.